The first-order valence-corrected chi connectivity index (χ1v) is 11.5. The number of carbonyl (C=O) groups excluding carboxylic acids is 1. The lowest BCUT2D eigenvalue weighted by Gasteiger charge is -2.22. The molecule has 0 atom stereocenters. The van der Waals surface area contributed by atoms with Gasteiger partial charge in [-0.25, -0.2) is 8.42 Å². The Kier molecular flexibility index (Phi) is 7.44. The van der Waals surface area contributed by atoms with Crippen molar-refractivity contribution in [2.75, 3.05) is 17.1 Å². The summed E-state index contributed by atoms with van der Waals surface area (Å²) in [4.78, 5) is 12.4. The number of hydrogen-bond donors (Lipinski definition) is 1. The molecule has 0 aliphatic carbocycles. The molecule has 0 saturated carbocycles. The van der Waals surface area contributed by atoms with Crippen LogP contribution >= 0.6 is 15.9 Å². The van der Waals surface area contributed by atoms with Gasteiger partial charge >= 0.3 is 0 Å². The molecular formula is C20H25BrN2O3S. The monoisotopic (exact) mass is 452 g/mol. The minimum atomic E-state index is -3.58. The molecule has 27 heavy (non-hydrogen) atoms. The van der Waals surface area contributed by atoms with Gasteiger partial charge in [-0.15, -0.1) is 0 Å². The zero-order valence-corrected chi connectivity index (χ0v) is 18.2. The summed E-state index contributed by atoms with van der Waals surface area (Å²) in [5.74, 6) is -0.340. The third-order valence-corrected chi connectivity index (χ3v) is 6.01. The highest BCUT2D eigenvalue weighted by Crippen LogP contribution is 2.20. The number of hydrogen-bond acceptors (Lipinski definition) is 3. The van der Waals surface area contributed by atoms with Crippen molar-refractivity contribution < 1.29 is 13.2 Å². The molecule has 0 spiro atoms. The quantitative estimate of drug-likeness (QED) is 0.664. The van der Waals surface area contributed by atoms with Crippen molar-refractivity contribution >= 4 is 37.5 Å². The summed E-state index contributed by atoms with van der Waals surface area (Å²) in [7, 11) is -3.58. The van der Waals surface area contributed by atoms with Crippen molar-refractivity contribution in [1.82, 2.24) is 5.32 Å². The molecule has 2 rings (SSSR count). The lowest BCUT2D eigenvalue weighted by molar-refractivity contribution is -0.119. The lowest BCUT2D eigenvalue weighted by Crippen LogP contribution is -2.40. The van der Waals surface area contributed by atoms with Gasteiger partial charge in [0, 0.05) is 11.0 Å². The highest BCUT2D eigenvalue weighted by atomic mass is 79.9. The number of halogens is 1. The summed E-state index contributed by atoms with van der Waals surface area (Å²) in [5, 5.41) is 2.85. The second-order valence-corrected chi connectivity index (χ2v) is 9.16. The fourth-order valence-corrected chi connectivity index (χ4v) is 3.92. The van der Waals surface area contributed by atoms with E-state index in [9.17, 15) is 13.2 Å². The standard InChI is InChI=1S/C20H25BrN2O3S/c1-4-15-6-7-16(5-2)17(12-15)13-22-20(24)14-23(27(3,25)26)19-10-8-18(21)9-11-19/h6-12H,4-5,13-14H2,1-3H3,(H,22,24). The molecule has 0 bridgehead atoms. The summed E-state index contributed by atoms with van der Waals surface area (Å²) in [6, 6.07) is 13.1. The van der Waals surface area contributed by atoms with Crippen molar-refractivity contribution in [3.63, 3.8) is 0 Å². The first-order valence-electron chi connectivity index (χ1n) is 8.85. The number of benzene rings is 2. The molecule has 0 saturated heterocycles. The van der Waals surface area contributed by atoms with E-state index in [2.05, 4.69) is 53.3 Å². The maximum absolute atomic E-state index is 12.4. The predicted octanol–water partition coefficient (Wildman–Crippen LogP) is 3.66. The normalized spacial score (nSPS) is 11.3. The van der Waals surface area contributed by atoms with Gasteiger partial charge in [-0.2, -0.15) is 0 Å². The molecule has 1 amide bonds. The summed E-state index contributed by atoms with van der Waals surface area (Å²) in [6.07, 6.45) is 2.90. The Bertz CT molecular complexity index is 896. The molecule has 0 aliphatic rings. The molecule has 0 unspecified atom stereocenters. The van der Waals surface area contributed by atoms with Gasteiger partial charge in [-0.05, 0) is 53.8 Å². The van der Waals surface area contributed by atoms with Gasteiger partial charge in [0.1, 0.15) is 6.54 Å². The zero-order valence-electron chi connectivity index (χ0n) is 15.8. The van der Waals surface area contributed by atoms with Gasteiger partial charge in [-0.1, -0.05) is 48.0 Å². The number of sulfonamides is 1. The predicted molar refractivity (Wildman–Crippen MR) is 113 cm³/mol. The Hall–Kier alpha value is -1.86. The van der Waals surface area contributed by atoms with Gasteiger partial charge in [0.15, 0.2) is 0 Å². The fraction of sp³-hybridized carbons (Fsp3) is 0.350. The van der Waals surface area contributed by atoms with Gasteiger partial charge < -0.3 is 5.32 Å². The molecule has 2 aromatic rings. The molecular weight excluding hydrogens is 428 g/mol. The van der Waals surface area contributed by atoms with Crippen molar-refractivity contribution in [2.24, 2.45) is 0 Å². The Morgan fingerprint density at radius 3 is 2.26 bits per heavy atom. The van der Waals surface area contributed by atoms with Crippen molar-refractivity contribution in [2.45, 2.75) is 33.2 Å². The first-order chi connectivity index (χ1) is 12.7. The number of nitrogens with zero attached hydrogens (tertiary/aromatic N) is 1. The van der Waals surface area contributed by atoms with Crippen LogP contribution in [-0.4, -0.2) is 27.1 Å². The maximum Gasteiger partial charge on any atom is 0.241 e. The van der Waals surface area contributed by atoms with Crippen LogP contribution in [-0.2, 0) is 34.2 Å². The topological polar surface area (TPSA) is 66.5 Å². The minimum Gasteiger partial charge on any atom is -0.350 e. The average Bonchev–Trinajstić information content (AvgIpc) is 2.64. The second-order valence-electron chi connectivity index (χ2n) is 6.33. The Morgan fingerprint density at radius 1 is 1.04 bits per heavy atom. The molecule has 1 N–H and O–H groups in total. The Labute approximate surface area is 170 Å². The van der Waals surface area contributed by atoms with E-state index in [1.807, 2.05) is 0 Å². The number of carbonyl (C=O) groups is 1. The first kappa shape index (κ1) is 21.4. The summed E-state index contributed by atoms with van der Waals surface area (Å²) >= 11 is 3.32. The zero-order chi connectivity index (χ0) is 20.0. The largest absolute Gasteiger partial charge is 0.350 e. The molecule has 0 heterocycles. The molecule has 0 radical (unpaired) electrons. The van der Waals surface area contributed by atoms with E-state index in [1.54, 1.807) is 24.3 Å². The number of rotatable bonds is 8. The van der Waals surface area contributed by atoms with Crippen LogP contribution in [0.25, 0.3) is 0 Å². The van der Waals surface area contributed by atoms with Crippen LogP contribution in [0.15, 0.2) is 46.9 Å². The van der Waals surface area contributed by atoms with Crippen LogP contribution in [0.1, 0.15) is 30.5 Å². The number of amides is 1. The number of anilines is 1. The number of aryl methyl sites for hydroxylation is 2. The average molecular weight is 453 g/mol. The van der Waals surface area contributed by atoms with Crippen molar-refractivity contribution in [1.29, 1.82) is 0 Å². The summed E-state index contributed by atoms with van der Waals surface area (Å²) < 4.78 is 26.2. The van der Waals surface area contributed by atoms with E-state index < -0.39 is 10.0 Å². The Morgan fingerprint density at radius 2 is 1.70 bits per heavy atom. The van der Waals surface area contributed by atoms with Crippen LogP contribution in [0.5, 0.6) is 0 Å². The molecule has 0 aliphatic heterocycles. The molecule has 0 aromatic heterocycles. The third-order valence-electron chi connectivity index (χ3n) is 4.34. The van der Waals surface area contributed by atoms with E-state index in [4.69, 9.17) is 0 Å². The van der Waals surface area contributed by atoms with Crippen molar-refractivity contribution in [3.05, 3.63) is 63.6 Å². The maximum atomic E-state index is 12.4. The molecule has 0 fully saturated rings. The number of nitrogens with one attached hydrogen (secondary N) is 1. The lowest BCUT2D eigenvalue weighted by atomic mass is 10.0. The summed E-state index contributed by atoms with van der Waals surface area (Å²) in [6.45, 7) is 4.29. The highest BCUT2D eigenvalue weighted by Gasteiger charge is 2.20. The van der Waals surface area contributed by atoms with Crippen molar-refractivity contribution in [3.8, 4) is 0 Å². The fourth-order valence-electron chi connectivity index (χ4n) is 2.80. The minimum absolute atomic E-state index is 0.255. The van der Waals surface area contributed by atoms with Crippen LogP contribution in [0, 0.1) is 0 Å². The van der Waals surface area contributed by atoms with Crippen LogP contribution in [0.3, 0.4) is 0 Å². The molecule has 2 aromatic carbocycles. The van der Waals surface area contributed by atoms with E-state index in [-0.39, 0.29) is 12.5 Å². The van der Waals surface area contributed by atoms with Crippen LogP contribution in [0.2, 0.25) is 0 Å². The SMILES string of the molecule is CCc1ccc(CC)c(CNC(=O)CN(c2ccc(Br)cc2)S(C)(=O)=O)c1. The van der Waals surface area contributed by atoms with Gasteiger partial charge in [-0.3, -0.25) is 9.10 Å². The summed E-state index contributed by atoms with van der Waals surface area (Å²) in [5.41, 5.74) is 3.92. The van der Waals surface area contributed by atoms with Crippen LogP contribution < -0.4 is 9.62 Å². The smallest absolute Gasteiger partial charge is 0.241 e. The van der Waals surface area contributed by atoms with E-state index in [1.165, 1.54) is 11.1 Å². The van der Waals surface area contributed by atoms with Gasteiger partial charge in [0.2, 0.25) is 15.9 Å². The van der Waals surface area contributed by atoms with E-state index in [0.717, 1.165) is 33.4 Å². The molecule has 5 nitrogen and oxygen atoms in total. The molecule has 146 valence electrons. The second kappa shape index (κ2) is 9.37. The highest BCUT2D eigenvalue weighted by molar-refractivity contribution is 9.10. The van der Waals surface area contributed by atoms with E-state index in [0.29, 0.717) is 12.2 Å². The van der Waals surface area contributed by atoms with E-state index >= 15 is 0 Å². The van der Waals surface area contributed by atoms with Crippen LogP contribution in [0.4, 0.5) is 5.69 Å². The van der Waals surface area contributed by atoms with Gasteiger partial charge in [0.25, 0.3) is 0 Å². The van der Waals surface area contributed by atoms with Gasteiger partial charge in [0.05, 0.1) is 11.9 Å². The third kappa shape index (κ3) is 6.07. The molecule has 7 heteroatoms. The Balaban J connectivity index is 2.12.